The maximum absolute atomic E-state index is 11.4. The molecule has 0 aromatic rings. The number of hydrogen-bond acceptors (Lipinski definition) is 3. The van der Waals surface area contributed by atoms with E-state index in [-0.39, 0.29) is 5.91 Å². The Morgan fingerprint density at radius 3 is 2.40 bits per heavy atom. The van der Waals surface area contributed by atoms with E-state index in [1.807, 2.05) is 20.9 Å². The number of carbonyl (C=O) groups excluding carboxylic acids is 1. The molecule has 0 heterocycles. The molecule has 0 fully saturated rings. The fourth-order valence-electron chi connectivity index (χ4n) is 1.50. The van der Waals surface area contributed by atoms with Crippen LogP contribution in [0.3, 0.4) is 0 Å². The second-order valence-corrected chi connectivity index (χ2v) is 5.28. The van der Waals surface area contributed by atoms with Crippen molar-refractivity contribution < 1.29 is 4.79 Å². The maximum Gasteiger partial charge on any atom is 0.240 e. The van der Waals surface area contributed by atoms with Gasteiger partial charge in [-0.1, -0.05) is 13.8 Å². The van der Waals surface area contributed by atoms with Crippen LogP contribution in [0.4, 0.5) is 0 Å². The summed E-state index contributed by atoms with van der Waals surface area (Å²) in [5.74, 6) is 5.72. The van der Waals surface area contributed by atoms with Gasteiger partial charge in [0.1, 0.15) is 0 Å². The first-order valence-corrected chi connectivity index (χ1v) is 5.49. The van der Waals surface area contributed by atoms with Gasteiger partial charge >= 0.3 is 0 Å². The van der Waals surface area contributed by atoms with Crippen molar-refractivity contribution in [1.29, 1.82) is 0 Å². The van der Waals surface area contributed by atoms with Crippen LogP contribution >= 0.6 is 0 Å². The zero-order valence-corrected chi connectivity index (χ0v) is 10.6. The molecule has 0 radical (unpaired) electrons. The third-order valence-electron chi connectivity index (χ3n) is 2.50. The van der Waals surface area contributed by atoms with Gasteiger partial charge in [-0.25, -0.2) is 5.84 Å². The van der Waals surface area contributed by atoms with E-state index in [0.29, 0.717) is 5.92 Å². The maximum atomic E-state index is 11.4. The summed E-state index contributed by atoms with van der Waals surface area (Å²) in [5, 5.41) is 0. The van der Waals surface area contributed by atoms with Crippen LogP contribution in [0.1, 0.15) is 34.1 Å². The van der Waals surface area contributed by atoms with E-state index < -0.39 is 5.41 Å². The van der Waals surface area contributed by atoms with Crippen molar-refractivity contribution in [1.82, 2.24) is 10.3 Å². The lowest BCUT2D eigenvalue weighted by Crippen LogP contribution is -2.46. The molecule has 15 heavy (non-hydrogen) atoms. The van der Waals surface area contributed by atoms with Crippen molar-refractivity contribution in [2.45, 2.75) is 34.1 Å². The van der Waals surface area contributed by atoms with Crippen LogP contribution in [0.25, 0.3) is 0 Å². The molecule has 0 spiro atoms. The minimum absolute atomic E-state index is 0.112. The standard InChI is InChI=1S/C11H25N3O/c1-9(2)6-7-14(5)8-11(3,4)10(15)13-12/h9H,6-8,12H2,1-5H3,(H,13,15). The van der Waals surface area contributed by atoms with E-state index >= 15 is 0 Å². The fourth-order valence-corrected chi connectivity index (χ4v) is 1.50. The Labute approximate surface area is 93.2 Å². The number of nitrogens with zero attached hydrogens (tertiary/aromatic N) is 1. The highest BCUT2D eigenvalue weighted by Gasteiger charge is 2.28. The molecule has 0 aliphatic heterocycles. The van der Waals surface area contributed by atoms with Crippen molar-refractivity contribution >= 4 is 5.91 Å². The average Bonchev–Trinajstić information content (AvgIpc) is 2.12. The second kappa shape index (κ2) is 6.08. The lowest BCUT2D eigenvalue weighted by Gasteiger charge is -2.28. The van der Waals surface area contributed by atoms with E-state index in [1.54, 1.807) is 0 Å². The number of hydrogen-bond donors (Lipinski definition) is 2. The molecule has 90 valence electrons. The largest absolute Gasteiger partial charge is 0.305 e. The summed E-state index contributed by atoms with van der Waals surface area (Å²) in [6, 6.07) is 0. The van der Waals surface area contributed by atoms with Crippen LogP contribution in [-0.2, 0) is 4.79 Å². The molecule has 0 aromatic heterocycles. The van der Waals surface area contributed by atoms with E-state index in [1.165, 1.54) is 0 Å². The third kappa shape index (κ3) is 5.74. The quantitative estimate of drug-likeness (QED) is 0.394. The first kappa shape index (κ1) is 14.4. The zero-order valence-electron chi connectivity index (χ0n) is 10.6. The van der Waals surface area contributed by atoms with Crippen molar-refractivity contribution in [3.8, 4) is 0 Å². The number of nitrogens with two attached hydrogens (primary N) is 1. The molecule has 0 saturated carbocycles. The highest BCUT2D eigenvalue weighted by atomic mass is 16.2. The van der Waals surface area contributed by atoms with Crippen LogP contribution in [0, 0.1) is 11.3 Å². The topological polar surface area (TPSA) is 58.4 Å². The summed E-state index contributed by atoms with van der Waals surface area (Å²) < 4.78 is 0. The van der Waals surface area contributed by atoms with Crippen LogP contribution in [0.15, 0.2) is 0 Å². The minimum atomic E-state index is -0.430. The number of nitrogens with one attached hydrogen (secondary N) is 1. The third-order valence-corrected chi connectivity index (χ3v) is 2.50. The van der Waals surface area contributed by atoms with Gasteiger partial charge < -0.3 is 4.90 Å². The highest BCUT2D eigenvalue weighted by molar-refractivity contribution is 5.81. The predicted molar refractivity (Wildman–Crippen MR) is 63.1 cm³/mol. The normalized spacial score (nSPS) is 12.3. The van der Waals surface area contributed by atoms with E-state index in [9.17, 15) is 4.79 Å². The smallest absolute Gasteiger partial charge is 0.240 e. The molecule has 1 amide bonds. The van der Waals surface area contributed by atoms with Gasteiger partial charge in [0.25, 0.3) is 0 Å². The van der Waals surface area contributed by atoms with Crippen molar-refractivity contribution in [2.75, 3.05) is 20.1 Å². The fraction of sp³-hybridized carbons (Fsp3) is 0.909. The molecule has 0 rings (SSSR count). The minimum Gasteiger partial charge on any atom is -0.305 e. The molecule has 0 bridgehead atoms. The Hall–Kier alpha value is -0.610. The first-order valence-electron chi connectivity index (χ1n) is 5.49. The molecular formula is C11H25N3O. The highest BCUT2D eigenvalue weighted by Crippen LogP contribution is 2.16. The van der Waals surface area contributed by atoms with Crippen LogP contribution in [-0.4, -0.2) is 30.9 Å². The Balaban J connectivity index is 4.04. The van der Waals surface area contributed by atoms with Gasteiger partial charge in [-0.2, -0.15) is 0 Å². The SMILES string of the molecule is CC(C)CCN(C)CC(C)(C)C(=O)NN. The first-order chi connectivity index (χ1) is 6.79. The van der Waals surface area contributed by atoms with E-state index in [4.69, 9.17) is 5.84 Å². The Morgan fingerprint density at radius 1 is 1.47 bits per heavy atom. The Morgan fingerprint density at radius 2 is 2.00 bits per heavy atom. The second-order valence-electron chi connectivity index (χ2n) is 5.28. The molecule has 0 atom stereocenters. The summed E-state index contributed by atoms with van der Waals surface area (Å²) in [7, 11) is 2.04. The number of hydrazine groups is 1. The molecule has 0 saturated heterocycles. The van der Waals surface area contributed by atoms with Crippen molar-refractivity contribution in [2.24, 2.45) is 17.2 Å². The van der Waals surface area contributed by atoms with Crippen molar-refractivity contribution in [3.05, 3.63) is 0 Å². The monoisotopic (exact) mass is 215 g/mol. The molecule has 0 aromatic carbocycles. The van der Waals surface area contributed by atoms with Gasteiger partial charge in [0.2, 0.25) is 5.91 Å². The van der Waals surface area contributed by atoms with Gasteiger partial charge in [-0.3, -0.25) is 10.2 Å². The lowest BCUT2D eigenvalue weighted by atomic mass is 9.92. The summed E-state index contributed by atoms with van der Waals surface area (Å²) in [5.41, 5.74) is 1.78. The summed E-state index contributed by atoms with van der Waals surface area (Å²) in [6.07, 6.45) is 1.15. The van der Waals surface area contributed by atoms with Gasteiger partial charge in [-0.15, -0.1) is 0 Å². The van der Waals surface area contributed by atoms with Crippen molar-refractivity contribution in [3.63, 3.8) is 0 Å². The summed E-state index contributed by atoms with van der Waals surface area (Å²) in [4.78, 5) is 13.6. The van der Waals surface area contributed by atoms with E-state index in [2.05, 4.69) is 24.2 Å². The average molecular weight is 215 g/mol. The molecule has 0 aliphatic rings. The zero-order chi connectivity index (χ0) is 12.1. The van der Waals surface area contributed by atoms with Gasteiger partial charge in [-0.05, 0) is 39.8 Å². The summed E-state index contributed by atoms with van der Waals surface area (Å²) >= 11 is 0. The van der Waals surface area contributed by atoms with E-state index in [0.717, 1.165) is 19.5 Å². The summed E-state index contributed by atoms with van der Waals surface area (Å²) in [6.45, 7) is 9.95. The number of carbonyl (C=O) groups is 1. The van der Waals surface area contributed by atoms with Crippen LogP contribution in [0.5, 0.6) is 0 Å². The van der Waals surface area contributed by atoms with Gasteiger partial charge in [0, 0.05) is 6.54 Å². The Kier molecular flexibility index (Phi) is 5.83. The molecule has 3 N–H and O–H groups in total. The molecule has 0 unspecified atom stereocenters. The lowest BCUT2D eigenvalue weighted by molar-refractivity contribution is -0.130. The molecule has 4 heteroatoms. The van der Waals surface area contributed by atoms with Crippen LogP contribution in [0.2, 0.25) is 0 Å². The number of rotatable bonds is 6. The molecule has 4 nitrogen and oxygen atoms in total. The Bertz CT molecular complexity index is 202. The van der Waals surface area contributed by atoms with Crippen LogP contribution < -0.4 is 11.3 Å². The van der Waals surface area contributed by atoms with Gasteiger partial charge in [0.15, 0.2) is 0 Å². The predicted octanol–water partition coefficient (Wildman–Crippen LogP) is 0.980. The van der Waals surface area contributed by atoms with Gasteiger partial charge in [0.05, 0.1) is 5.41 Å². The molecule has 0 aliphatic carbocycles. The number of amides is 1. The molecular weight excluding hydrogens is 190 g/mol.